The van der Waals surface area contributed by atoms with Crippen molar-refractivity contribution in [1.82, 2.24) is 30.3 Å². The predicted molar refractivity (Wildman–Crippen MR) is 81.0 cm³/mol. The van der Waals surface area contributed by atoms with Gasteiger partial charge in [0, 0.05) is 35.7 Å². The molecule has 0 bridgehead atoms. The molecular weight excluding hydrogens is 264 g/mol. The van der Waals surface area contributed by atoms with E-state index in [0.717, 1.165) is 37.6 Å². The summed E-state index contributed by atoms with van der Waals surface area (Å²) in [6.07, 6.45) is 4.04. The topological polar surface area (TPSA) is 71.4 Å². The smallest absolute Gasteiger partial charge is 0.147 e. The number of aromatic nitrogens is 5. The van der Waals surface area contributed by atoms with E-state index in [0.29, 0.717) is 6.04 Å². The molecule has 3 rings (SSSR count). The van der Waals surface area contributed by atoms with Gasteiger partial charge in [-0.15, -0.1) is 0 Å². The summed E-state index contributed by atoms with van der Waals surface area (Å²) in [5.74, 6) is 1.99. The first-order chi connectivity index (χ1) is 9.93. The van der Waals surface area contributed by atoms with Crippen LogP contribution < -0.4 is 5.32 Å². The number of H-pyrrole nitrogens is 1. The van der Waals surface area contributed by atoms with Gasteiger partial charge >= 0.3 is 0 Å². The van der Waals surface area contributed by atoms with E-state index in [-0.39, 0.29) is 5.41 Å². The van der Waals surface area contributed by atoms with E-state index in [1.165, 1.54) is 11.3 Å². The first kappa shape index (κ1) is 14.3. The third-order valence-corrected chi connectivity index (χ3v) is 4.01. The largest absolute Gasteiger partial charge is 0.308 e. The van der Waals surface area contributed by atoms with E-state index in [9.17, 15) is 0 Å². The minimum atomic E-state index is 0.0935. The van der Waals surface area contributed by atoms with Crippen molar-refractivity contribution in [3.05, 3.63) is 29.1 Å². The molecule has 2 aromatic heterocycles. The Balaban J connectivity index is 1.63. The van der Waals surface area contributed by atoms with Gasteiger partial charge in [0.05, 0.1) is 12.7 Å². The Kier molecular flexibility index (Phi) is 3.57. The van der Waals surface area contributed by atoms with Crippen molar-refractivity contribution in [3.63, 3.8) is 0 Å². The summed E-state index contributed by atoms with van der Waals surface area (Å²) in [6, 6.07) is 0.446. The van der Waals surface area contributed by atoms with Crippen LogP contribution in [0.2, 0.25) is 0 Å². The summed E-state index contributed by atoms with van der Waals surface area (Å²) in [5, 5.41) is 15.4. The predicted octanol–water partition coefficient (Wildman–Crippen LogP) is 1.71. The Hall–Kier alpha value is -1.69. The van der Waals surface area contributed by atoms with E-state index in [4.69, 9.17) is 0 Å². The van der Waals surface area contributed by atoms with Crippen molar-refractivity contribution in [2.75, 3.05) is 0 Å². The van der Waals surface area contributed by atoms with Crippen LogP contribution in [0.1, 0.15) is 50.1 Å². The molecule has 2 N–H and O–H groups in total. The van der Waals surface area contributed by atoms with Crippen molar-refractivity contribution >= 4 is 0 Å². The van der Waals surface area contributed by atoms with E-state index >= 15 is 0 Å². The van der Waals surface area contributed by atoms with Crippen molar-refractivity contribution in [2.45, 2.75) is 65.1 Å². The van der Waals surface area contributed by atoms with Gasteiger partial charge in [-0.1, -0.05) is 20.8 Å². The molecule has 1 aliphatic rings. The highest BCUT2D eigenvalue weighted by Gasteiger charge is 2.23. The molecule has 0 aliphatic carbocycles. The summed E-state index contributed by atoms with van der Waals surface area (Å²) in [6.45, 7) is 10.3. The molecule has 6 heteroatoms. The van der Waals surface area contributed by atoms with Crippen molar-refractivity contribution in [1.29, 1.82) is 0 Å². The number of rotatable bonds is 3. The van der Waals surface area contributed by atoms with Gasteiger partial charge in [0.25, 0.3) is 0 Å². The van der Waals surface area contributed by atoms with Gasteiger partial charge in [0.2, 0.25) is 0 Å². The van der Waals surface area contributed by atoms with Crippen LogP contribution in [0.5, 0.6) is 0 Å². The molecule has 3 heterocycles. The number of fused-ring (bicyclic) bond motifs is 1. The third-order valence-electron chi connectivity index (χ3n) is 4.01. The second kappa shape index (κ2) is 5.26. The molecule has 0 amide bonds. The summed E-state index contributed by atoms with van der Waals surface area (Å²) >= 11 is 0. The zero-order valence-corrected chi connectivity index (χ0v) is 13.3. The van der Waals surface area contributed by atoms with Crippen LogP contribution >= 0.6 is 0 Å². The van der Waals surface area contributed by atoms with Crippen LogP contribution in [0.25, 0.3) is 0 Å². The minimum Gasteiger partial charge on any atom is -0.308 e. The first-order valence-corrected chi connectivity index (χ1v) is 7.60. The van der Waals surface area contributed by atoms with Gasteiger partial charge in [0.15, 0.2) is 0 Å². The van der Waals surface area contributed by atoms with Gasteiger partial charge in [-0.2, -0.15) is 10.2 Å². The summed E-state index contributed by atoms with van der Waals surface area (Å²) in [4.78, 5) is 4.45. The zero-order chi connectivity index (χ0) is 15.0. The number of aryl methyl sites for hydroxylation is 2. The lowest BCUT2D eigenvalue weighted by Gasteiger charge is -2.24. The highest BCUT2D eigenvalue weighted by atomic mass is 15.4. The van der Waals surface area contributed by atoms with Gasteiger partial charge < -0.3 is 5.32 Å². The summed E-state index contributed by atoms with van der Waals surface area (Å²) in [5.41, 5.74) is 2.56. The summed E-state index contributed by atoms with van der Waals surface area (Å²) in [7, 11) is 0. The average Bonchev–Trinajstić information content (AvgIpc) is 2.99. The average molecular weight is 288 g/mol. The van der Waals surface area contributed by atoms with E-state index < -0.39 is 0 Å². The Morgan fingerprint density at radius 2 is 2.24 bits per heavy atom. The molecule has 0 unspecified atom stereocenters. The lowest BCUT2D eigenvalue weighted by Crippen LogP contribution is -2.37. The fourth-order valence-electron chi connectivity index (χ4n) is 2.95. The van der Waals surface area contributed by atoms with Gasteiger partial charge in [-0.3, -0.25) is 5.10 Å². The Morgan fingerprint density at radius 3 is 3.00 bits per heavy atom. The highest BCUT2D eigenvalue weighted by Crippen LogP contribution is 2.23. The molecule has 114 valence electrons. The number of hydrogen-bond donors (Lipinski definition) is 2. The van der Waals surface area contributed by atoms with Crippen LogP contribution in [-0.2, 0) is 24.9 Å². The first-order valence-electron chi connectivity index (χ1n) is 7.60. The second-order valence-electron chi connectivity index (χ2n) is 6.89. The molecule has 1 atom stereocenters. The number of nitrogens with zero attached hydrogens (tertiary/aromatic N) is 4. The van der Waals surface area contributed by atoms with E-state index in [2.05, 4.69) is 46.4 Å². The Bertz CT molecular complexity index is 618. The summed E-state index contributed by atoms with van der Waals surface area (Å²) < 4.78 is 2.04. The molecule has 0 saturated carbocycles. The molecule has 0 radical (unpaired) electrons. The third kappa shape index (κ3) is 3.00. The van der Waals surface area contributed by atoms with Crippen LogP contribution in [0.15, 0.2) is 6.20 Å². The molecule has 0 saturated heterocycles. The van der Waals surface area contributed by atoms with Gasteiger partial charge in [-0.05, 0) is 13.3 Å². The van der Waals surface area contributed by atoms with Crippen molar-refractivity contribution in [3.8, 4) is 0 Å². The van der Waals surface area contributed by atoms with Gasteiger partial charge in [-0.25, -0.2) is 9.67 Å². The molecule has 0 fully saturated rings. The lowest BCUT2D eigenvalue weighted by molar-refractivity contribution is 0.356. The maximum Gasteiger partial charge on any atom is 0.147 e. The normalized spacial score (nSPS) is 18.8. The lowest BCUT2D eigenvalue weighted by atomic mass is 9.89. The van der Waals surface area contributed by atoms with Crippen LogP contribution in [0.4, 0.5) is 0 Å². The standard InChI is InChI=1S/C15H24N6/c1-10-18-13-6-5-12(9-21(13)20-10)16-7-11-8-17-19-14(11)15(2,3)4/h8,12,16H,5-7,9H2,1-4H3,(H,17,19)/t12-/m0/s1. The Labute approximate surface area is 125 Å². The van der Waals surface area contributed by atoms with Crippen LogP contribution in [0.3, 0.4) is 0 Å². The quantitative estimate of drug-likeness (QED) is 0.902. The van der Waals surface area contributed by atoms with E-state index in [1.54, 1.807) is 0 Å². The highest BCUT2D eigenvalue weighted by molar-refractivity contribution is 5.23. The maximum atomic E-state index is 4.45. The zero-order valence-electron chi connectivity index (χ0n) is 13.3. The fourth-order valence-corrected chi connectivity index (χ4v) is 2.95. The maximum absolute atomic E-state index is 4.45. The number of nitrogens with one attached hydrogen (secondary N) is 2. The SMILES string of the molecule is Cc1nc2n(n1)C[C@@H](NCc1cn[nH]c1C(C)(C)C)CC2. The molecule has 6 nitrogen and oxygen atoms in total. The molecule has 1 aliphatic heterocycles. The van der Waals surface area contributed by atoms with Crippen LogP contribution in [-0.4, -0.2) is 31.0 Å². The molecular formula is C15H24N6. The van der Waals surface area contributed by atoms with Crippen molar-refractivity contribution in [2.24, 2.45) is 0 Å². The minimum absolute atomic E-state index is 0.0935. The molecule has 0 spiro atoms. The fraction of sp³-hybridized carbons (Fsp3) is 0.667. The van der Waals surface area contributed by atoms with Crippen molar-refractivity contribution < 1.29 is 0 Å². The monoisotopic (exact) mass is 288 g/mol. The number of aromatic amines is 1. The van der Waals surface area contributed by atoms with Gasteiger partial charge in [0.1, 0.15) is 11.6 Å². The molecule has 21 heavy (non-hydrogen) atoms. The number of hydrogen-bond acceptors (Lipinski definition) is 4. The second-order valence-corrected chi connectivity index (χ2v) is 6.89. The van der Waals surface area contributed by atoms with E-state index in [1.807, 2.05) is 17.8 Å². The molecule has 0 aromatic carbocycles. The Morgan fingerprint density at radius 1 is 1.43 bits per heavy atom. The van der Waals surface area contributed by atoms with Crippen LogP contribution in [0, 0.1) is 6.92 Å². The molecule has 2 aromatic rings.